The molecule has 0 aliphatic heterocycles. The lowest BCUT2D eigenvalue weighted by Crippen LogP contribution is -2.31. The van der Waals surface area contributed by atoms with Gasteiger partial charge in [0.25, 0.3) is 0 Å². The SMILES string of the molecule is CCCOc1ccc(C(N)CN(C)CCCN(C)C)cc1. The van der Waals surface area contributed by atoms with Crippen LogP contribution < -0.4 is 10.5 Å². The predicted octanol–water partition coefficient (Wildman–Crippen LogP) is 2.36. The van der Waals surface area contributed by atoms with E-state index in [1.54, 1.807) is 0 Å². The molecule has 0 aliphatic rings. The van der Waals surface area contributed by atoms with Gasteiger partial charge < -0.3 is 20.3 Å². The fraction of sp³-hybridized carbons (Fsp3) is 0.647. The van der Waals surface area contributed by atoms with Gasteiger partial charge in [0.1, 0.15) is 5.75 Å². The molecule has 0 saturated heterocycles. The number of benzene rings is 1. The summed E-state index contributed by atoms with van der Waals surface area (Å²) in [4.78, 5) is 4.51. The fourth-order valence-electron chi connectivity index (χ4n) is 2.22. The number of nitrogens with two attached hydrogens (primary N) is 1. The van der Waals surface area contributed by atoms with Crippen LogP contribution in [0.4, 0.5) is 0 Å². The van der Waals surface area contributed by atoms with E-state index in [1.807, 2.05) is 12.1 Å². The molecule has 1 aromatic carbocycles. The van der Waals surface area contributed by atoms with E-state index in [9.17, 15) is 0 Å². The van der Waals surface area contributed by atoms with Crippen LogP contribution in [0.1, 0.15) is 31.4 Å². The summed E-state index contributed by atoms with van der Waals surface area (Å²) in [6.07, 6.45) is 2.19. The van der Waals surface area contributed by atoms with E-state index >= 15 is 0 Å². The van der Waals surface area contributed by atoms with E-state index in [1.165, 1.54) is 12.0 Å². The Hall–Kier alpha value is -1.10. The predicted molar refractivity (Wildman–Crippen MR) is 89.8 cm³/mol. The van der Waals surface area contributed by atoms with E-state index in [0.717, 1.165) is 38.4 Å². The molecule has 4 nitrogen and oxygen atoms in total. The summed E-state index contributed by atoms with van der Waals surface area (Å²) >= 11 is 0. The maximum absolute atomic E-state index is 6.28. The number of rotatable bonds is 10. The van der Waals surface area contributed by atoms with Gasteiger partial charge >= 0.3 is 0 Å². The molecule has 1 rings (SSSR count). The Bertz CT molecular complexity index is 378. The third-order valence-electron chi connectivity index (χ3n) is 3.43. The second kappa shape index (κ2) is 9.77. The van der Waals surface area contributed by atoms with Crippen molar-refractivity contribution in [2.24, 2.45) is 5.73 Å². The Kier molecular flexibility index (Phi) is 8.35. The molecule has 0 aromatic heterocycles. The van der Waals surface area contributed by atoms with Gasteiger partial charge in [0.2, 0.25) is 0 Å². The first-order valence-electron chi connectivity index (χ1n) is 7.84. The summed E-state index contributed by atoms with van der Waals surface area (Å²) in [5, 5.41) is 0. The van der Waals surface area contributed by atoms with Crippen LogP contribution in [0.3, 0.4) is 0 Å². The van der Waals surface area contributed by atoms with Crippen molar-refractivity contribution in [1.29, 1.82) is 0 Å². The summed E-state index contributed by atoms with van der Waals surface area (Å²) in [6, 6.07) is 8.22. The van der Waals surface area contributed by atoms with Crippen molar-refractivity contribution in [3.8, 4) is 5.75 Å². The molecule has 0 spiro atoms. The first kappa shape index (κ1) is 18.0. The molecule has 4 heteroatoms. The standard InChI is InChI=1S/C17H31N3O/c1-5-13-21-16-9-7-15(8-10-16)17(18)14-20(4)12-6-11-19(2)3/h7-10,17H,5-6,11-14,18H2,1-4H3. The fourth-order valence-corrected chi connectivity index (χ4v) is 2.22. The van der Waals surface area contributed by atoms with Crippen molar-refractivity contribution in [2.75, 3.05) is 47.4 Å². The number of ether oxygens (including phenoxy) is 1. The molecule has 0 amide bonds. The minimum absolute atomic E-state index is 0.0505. The highest BCUT2D eigenvalue weighted by atomic mass is 16.5. The molecular weight excluding hydrogens is 262 g/mol. The number of hydrogen-bond acceptors (Lipinski definition) is 4. The second-order valence-corrected chi connectivity index (χ2v) is 5.94. The van der Waals surface area contributed by atoms with Gasteiger partial charge in [0.05, 0.1) is 6.61 Å². The zero-order valence-electron chi connectivity index (χ0n) is 14.0. The van der Waals surface area contributed by atoms with Gasteiger partial charge in [-0.25, -0.2) is 0 Å². The first-order chi connectivity index (χ1) is 10.0. The molecule has 21 heavy (non-hydrogen) atoms. The lowest BCUT2D eigenvalue weighted by Gasteiger charge is -2.22. The molecule has 0 aliphatic carbocycles. The third-order valence-corrected chi connectivity index (χ3v) is 3.43. The molecule has 2 N–H and O–H groups in total. The Morgan fingerprint density at radius 2 is 1.76 bits per heavy atom. The minimum atomic E-state index is 0.0505. The first-order valence-corrected chi connectivity index (χ1v) is 7.84. The average molecular weight is 293 g/mol. The van der Waals surface area contributed by atoms with Crippen molar-refractivity contribution in [1.82, 2.24) is 9.80 Å². The van der Waals surface area contributed by atoms with Crippen LogP contribution in [-0.2, 0) is 0 Å². The van der Waals surface area contributed by atoms with Crippen LogP contribution in [0.2, 0.25) is 0 Å². The van der Waals surface area contributed by atoms with E-state index in [2.05, 4.69) is 50.0 Å². The quantitative estimate of drug-likeness (QED) is 0.719. The van der Waals surface area contributed by atoms with Gasteiger partial charge in [-0.15, -0.1) is 0 Å². The van der Waals surface area contributed by atoms with Crippen LogP contribution in [0.25, 0.3) is 0 Å². The van der Waals surface area contributed by atoms with Crippen molar-refractivity contribution in [3.05, 3.63) is 29.8 Å². The van der Waals surface area contributed by atoms with Crippen LogP contribution in [0, 0.1) is 0 Å². The number of likely N-dealkylation sites (N-methyl/N-ethyl adjacent to an activating group) is 1. The molecule has 0 saturated carbocycles. The topological polar surface area (TPSA) is 41.7 Å². The number of nitrogens with zero attached hydrogens (tertiary/aromatic N) is 2. The molecule has 0 radical (unpaired) electrons. The van der Waals surface area contributed by atoms with Gasteiger partial charge in [0, 0.05) is 12.6 Å². The van der Waals surface area contributed by atoms with Crippen molar-refractivity contribution in [2.45, 2.75) is 25.8 Å². The van der Waals surface area contributed by atoms with Gasteiger partial charge in [-0.3, -0.25) is 0 Å². The molecule has 0 bridgehead atoms. The van der Waals surface area contributed by atoms with E-state index in [-0.39, 0.29) is 6.04 Å². The summed E-state index contributed by atoms with van der Waals surface area (Å²) < 4.78 is 5.59. The summed E-state index contributed by atoms with van der Waals surface area (Å²) in [7, 11) is 6.34. The monoisotopic (exact) mass is 293 g/mol. The Morgan fingerprint density at radius 1 is 1.10 bits per heavy atom. The highest BCUT2D eigenvalue weighted by Gasteiger charge is 2.09. The molecule has 1 unspecified atom stereocenters. The molecule has 1 aromatic rings. The normalized spacial score (nSPS) is 12.9. The molecule has 0 fully saturated rings. The maximum atomic E-state index is 6.28. The third kappa shape index (κ3) is 7.46. The molecule has 0 heterocycles. The summed E-state index contributed by atoms with van der Waals surface area (Å²) in [6.45, 7) is 5.94. The molecular formula is C17H31N3O. The van der Waals surface area contributed by atoms with Gasteiger partial charge in [-0.1, -0.05) is 19.1 Å². The molecule has 120 valence electrons. The van der Waals surface area contributed by atoms with Crippen LogP contribution in [-0.4, -0.2) is 57.2 Å². The van der Waals surface area contributed by atoms with Crippen molar-refractivity contribution < 1.29 is 4.74 Å². The average Bonchev–Trinajstić information content (AvgIpc) is 2.45. The van der Waals surface area contributed by atoms with E-state index in [0.29, 0.717) is 0 Å². The summed E-state index contributed by atoms with van der Waals surface area (Å²) in [5.74, 6) is 0.923. The Morgan fingerprint density at radius 3 is 2.33 bits per heavy atom. The lowest BCUT2D eigenvalue weighted by atomic mass is 10.1. The van der Waals surface area contributed by atoms with Gasteiger partial charge in [0.15, 0.2) is 0 Å². The zero-order valence-corrected chi connectivity index (χ0v) is 14.0. The van der Waals surface area contributed by atoms with Gasteiger partial charge in [-0.2, -0.15) is 0 Å². The highest BCUT2D eigenvalue weighted by molar-refractivity contribution is 5.29. The Labute approximate surface area is 129 Å². The molecule has 1 atom stereocenters. The van der Waals surface area contributed by atoms with Crippen LogP contribution >= 0.6 is 0 Å². The highest BCUT2D eigenvalue weighted by Crippen LogP contribution is 2.17. The smallest absolute Gasteiger partial charge is 0.119 e. The van der Waals surface area contributed by atoms with Crippen LogP contribution in [0.15, 0.2) is 24.3 Å². The Balaban J connectivity index is 2.38. The van der Waals surface area contributed by atoms with Crippen molar-refractivity contribution in [3.63, 3.8) is 0 Å². The van der Waals surface area contributed by atoms with Crippen molar-refractivity contribution >= 4 is 0 Å². The minimum Gasteiger partial charge on any atom is -0.494 e. The lowest BCUT2D eigenvalue weighted by molar-refractivity contribution is 0.286. The van der Waals surface area contributed by atoms with Gasteiger partial charge in [-0.05, 0) is 64.8 Å². The van der Waals surface area contributed by atoms with E-state index < -0.39 is 0 Å². The summed E-state index contributed by atoms with van der Waals surface area (Å²) in [5.41, 5.74) is 7.45. The number of hydrogen-bond donors (Lipinski definition) is 1. The second-order valence-electron chi connectivity index (χ2n) is 5.94. The van der Waals surface area contributed by atoms with Crippen LogP contribution in [0.5, 0.6) is 5.75 Å². The zero-order chi connectivity index (χ0) is 15.7. The largest absolute Gasteiger partial charge is 0.494 e. The maximum Gasteiger partial charge on any atom is 0.119 e. The van der Waals surface area contributed by atoms with E-state index in [4.69, 9.17) is 10.5 Å².